The number of amides is 1. The van der Waals surface area contributed by atoms with Gasteiger partial charge in [-0.05, 0) is 11.6 Å². The zero-order valence-electron chi connectivity index (χ0n) is 15.5. The molecule has 28 heavy (non-hydrogen) atoms. The van der Waals surface area contributed by atoms with Crippen molar-refractivity contribution in [3.8, 4) is 11.5 Å². The van der Waals surface area contributed by atoms with Crippen molar-refractivity contribution in [3.05, 3.63) is 58.4 Å². The number of hydrazine groups is 1. The highest BCUT2D eigenvalue weighted by molar-refractivity contribution is 7.99. The van der Waals surface area contributed by atoms with E-state index >= 15 is 0 Å². The number of hydrogen-bond acceptors (Lipinski definition) is 7. The Morgan fingerprint density at radius 2 is 1.86 bits per heavy atom. The molecule has 0 bridgehead atoms. The van der Waals surface area contributed by atoms with Crippen LogP contribution in [0.3, 0.4) is 0 Å². The Hall–Kier alpha value is -3.04. The number of nitrogens with two attached hydrogens (primary N) is 1. The number of fused-ring (bicyclic) bond motifs is 1. The number of nitrogens with one attached hydrogen (secondary N) is 1. The average Bonchev–Trinajstić information content (AvgIpc) is 2.74. The third-order valence-corrected chi connectivity index (χ3v) is 5.08. The summed E-state index contributed by atoms with van der Waals surface area (Å²) in [5.74, 6) is 5.75. The van der Waals surface area contributed by atoms with Crippen LogP contribution in [0.2, 0.25) is 0 Å². The fraction of sp³-hybridized carbons (Fsp3) is 0.211. The molecule has 0 unspecified atom stereocenters. The fourth-order valence-electron chi connectivity index (χ4n) is 2.72. The van der Waals surface area contributed by atoms with Crippen LogP contribution >= 0.6 is 11.8 Å². The van der Waals surface area contributed by atoms with E-state index in [-0.39, 0.29) is 17.2 Å². The third kappa shape index (κ3) is 4.10. The molecule has 0 aliphatic carbocycles. The number of ether oxygens (including phenoxy) is 2. The van der Waals surface area contributed by atoms with E-state index < -0.39 is 0 Å². The molecule has 3 aromatic rings. The number of nitrogens with zero attached hydrogens (tertiary/aromatic N) is 2. The molecule has 0 aliphatic rings. The molecule has 0 saturated heterocycles. The summed E-state index contributed by atoms with van der Waals surface area (Å²) in [7, 11) is 3.02. The van der Waals surface area contributed by atoms with Gasteiger partial charge in [0.15, 0.2) is 16.7 Å². The van der Waals surface area contributed by atoms with Gasteiger partial charge in [-0.2, -0.15) is 0 Å². The van der Waals surface area contributed by atoms with Crippen molar-refractivity contribution in [1.82, 2.24) is 15.0 Å². The number of carbonyl (C=O) groups excluding carboxylic acids is 1. The SMILES string of the molecule is COc1cc2nc(SCC(=O)NN)n(Cc3ccccc3)c(=O)c2cc1OC. The van der Waals surface area contributed by atoms with Gasteiger partial charge in [-0.3, -0.25) is 19.6 Å². The first-order chi connectivity index (χ1) is 13.6. The van der Waals surface area contributed by atoms with Crippen molar-refractivity contribution in [1.29, 1.82) is 0 Å². The minimum Gasteiger partial charge on any atom is -0.493 e. The topological polar surface area (TPSA) is 108 Å². The van der Waals surface area contributed by atoms with Crippen molar-refractivity contribution in [3.63, 3.8) is 0 Å². The van der Waals surface area contributed by atoms with Gasteiger partial charge in [-0.1, -0.05) is 42.1 Å². The van der Waals surface area contributed by atoms with Crippen LogP contribution in [0.15, 0.2) is 52.4 Å². The predicted molar refractivity (Wildman–Crippen MR) is 108 cm³/mol. The number of aromatic nitrogens is 2. The molecule has 0 radical (unpaired) electrons. The van der Waals surface area contributed by atoms with Gasteiger partial charge in [-0.25, -0.2) is 10.8 Å². The maximum Gasteiger partial charge on any atom is 0.262 e. The summed E-state index contributed by atoms with van der Waals surface area (Å²) in [5.41, 5.74) is 3.25. The maximum absolute atomic E-state index is 13.2. The molecule has 8 nitrogen and oxygen atoms in total. The minimum absolute atomic E-state index is 0.0382. The average molecular weight is 400 g/mol. The highest BCUT2D eigenvalue weighted by atomic mass is 32.2. The lowest BCUT2D eigenvalue weighted by Crippen LogP contribution is -2.32. The maximum atomic E-state index is 13.2. The number of methoxy groups -OCH3 is 2. The molecule has 0 spiro atoms. The minimum atomic E-state index is -0.363. The van der Waals surface area contributed by atoms with E-state index in [0.29, 0.717) is 34.1 Å². The normalized spacial score (nSPS) is 10.7. The van der Waals surface area contributed by atoms with E-state index in [1.807, 2.05) is 30.3 Å². The second-order valence-corrected chi connectivity index (χ2v) is 6.79. The zero-order valence-corrected chi connectivity index (χ0v) is 16.3. The second-order valence-electron chi connectivity index (χ2n) is 5.85. The first-order valence-electron chi connectivity index (χ1n) is 8.40. The van der Waals surface area contributed by atoms with Gasteiger partial charge in [-0.15, -0.1) is 0 Å². The molecule has 3 rings (SSSR count). The zero-order chi connectivity index (χ0) is 20.1. The Morgan fingerprint density at radius 1 is 1.18 bits per heavy atom. The monoisotopic (exact) mass is 400 g/mol. The molecule has 9 heteroatoms. The number of benzene rings is 2. The van der Waals surface area contributed by atoms with Crippen molar-refractivity contribution >= 4 is 28.6 Å². The van der Waals surface area contributed by atoms with Gasteiger partial charge >= 0.3 is 0 Å². The Balaban J connectivity index is 2.16. The van der Waals surface area contributed by atoms with Crippen LogP contribution in [0.4, 0.5) is 0 Å². The van der Waals surface area contributed by atoms with E-state index in [9.17, 15) is 9.59 Å². The van der Waals surface area contributed by atoms with Crippen LogP contribution in [-0.2, 0) is 11.3 Å². The summed E-state index contributed by atoms with van der Waals surface area (Å²) in [6.07, 6.45) is 0. The summed E-state index contributed by atoms with van der Waals surface area (Å²) >= 11 is 1.14. The molecule has 3 N–H and O–H groups in total. The molecular formula is C19H20N4O4S. The van der Waals surface area contributed by atoms with Gasteiger partial charge < -0.3 is 9.47 Å². The molecule has 146 valence electrons. The molecule has 0 saturated carbocycles. The molecule has 1 aromatic heterocycles. The summed E-state index contributed by atoms with van der Waals surface area (Å²) in [5, 5.41) is 0.818. The van der Waals surface area contributed by atoms with Crippen LogP contribution in [0.1, 0.15) is 5.56 Å². The van der Waals surface area contributed by atoms with E-state index in [0.717, 1.165) is 17.3 Å². The van der Waals surface area contributed by atoms with Crippen LogP contribution in [0.25, 0.3) is 10.9 Å². The Morgan fingerprint density at radius 3 is 2.50 bits per heavy atom. The second kappa shape index (κ2) is 8.77. The predicted octanol–water partition coefficient (Wildman–Crippen LogP) is 1.54. The number of hydrogen-bond donors (Lipinski definition) is 2. The first-order valence-corrected chi connectivity index (χ1v) is 9.38. The van der Waals surface area contributed by atoms with Crippen molar-refractivity contribution in [2.24, 2.45) is 5.84 Å². The third-order valence-electron chi connectivity index (χ3n) is 4.10. The van der Waals surface area contributed by atoms with Gasteiger partial charge in [0.1, 0.15) is 0 Å². The van der Waals surface area contributed by atoms with Gasteiger partial charge in [0, 0.05) is 6.07 Å². The highest BCUT2D eigenvalue weighted by Crippen LogP contribution is 2.31. The summed E-state index contributed by atoms with van der Waals surface area (Å²) in [6.45, 7) is 0.323. The number of thioether (sulfide) groups is 1. The summed E-state index contributed by atoms with van der Waals surface area (Å²) in [6, 6.07) is 12.8. The van der Waals surface area contributed by atoms with E-state index in [4.69, 9.17) is 15.3 Å². The van der Waals surface area contributed by atoms with Crippen LogP contribution in [-0.4, -0.2) is 35.4 Å². The molecular weight excluding hydrogens is 380 g/mol. The van der Waals surface area contributed by atoms with Gasteiger partial charge in [0.25, 0.3) is 5.56 Å². The largest absolute Gasteiger partial charge is 0.493 e. The first kappa shape index (κ1) is 19.7. The van der Waals surface area contributed by atoms with Crippen molar-refractivity contribution in [2.45, 2.75) is 11.7 Å². The molecule has 0 aliphatic heterocycles. The Bertz CT molecular complexity index is 1050. The van der Waals surface area contributed by atoms with Gasteiger partial charge in [0.05, 0.1) is 37.4 Å². The fourth-order valence-corrected chi connectivity index (χ4v) is 3.52. The quantitative estimate of drug-likeness (QED) is 0.204. The highest BCUT2D eigenvalue weighted by Gasteiger charge is 2.16. The Kier molecular flexibility index (Phi) is 6.17. The van der Waals surface area contributed by atoms with Crippen molar-refractivity contribution < 1.29 is 14.3 Å². The smallest absolute Gasteiger partial charge is 0.262 e. The molecule has 1 heterocycles. The molecule has 0 fully saturated rings. The standard InChI is InChI=1S/C19H20N4O4S/c1-26-15-8-13-14(9-16(15)27-2)21-19(28-11-17(24)22-20)23(18(13)25)10-12-6-4-3-5-7-12/h3-9H,10-11,20H2,1-2H3,(H,22,24). The van der Waals surface area contributed by atoms with Crippen LogP contribution in [0, 0.1) is 0 Å². The molecule has 1 amide bonds. The van der Waals surface area contributed by atoms with E-state index in [1.54, 1.807) is 12.1 Å². The molecule has 2 aromatic carbocycles. The summed E-state index contributed by atoms with van der Waals surface area (Å²) in [4.78, 5) is 29.4. The van der Waals surface area contributed by atoms with Crippen LogP contribution in [0.5, 0.6) is 11.5 Å². The number of carbonyl (C=O) groups is 1. The van der Waals surface area contributed by atoms with E-state index in [1.165, 1.54) is 18.8 Å². The summed E-state index contributed by atoms with van der Waals surface area (Å²) < 4.78 is 12.2. The van der Waals surface area contributed by atoms with Crippen molar-refractivity contribution in [2.75, 3.05) is 20.0 Å². The lowest BCUT2D eigenvalue weighted by atomic mass is 10.2. The van der Waals surface area contributed by atoms with Crippen LogP contribution < -0.4 is 26.3 Å². The van der Waals surface area contributed by atoms with Gasteiger partial charge in [0.2, 0.25) is 5.91 Å². The van der Waals surface area contributed by atoms with E-state index in [2.05, 4.69) is 10.4 Å². The Labute approximate surface area is 165 Å². The number of rotatable bonds is 7. The lowest BCUT2D eigenvalue weighted by molar-refractivity contribution is -0.118. The lowest BCUT2D eigenvalue weighted by Gasteiger charge is -2.14. The molecule has 0 atom stereocenters.